The van der Waals surface area contributed by atoms with E-state index in [1.807, 2.05) is 6.07 Å². The number of rotatable bonds is 5. The highest BCUT2D eigenvalue weighted by molar-refractivity contribution is 9.10. The molecule has 98 valence electrons. The molecule has 0 aliphatic heterocycles. The van der Waals surface area contributed by atoms with Gasteiger partial charge in [0.15, 0.2) is 10.4 Å². The molecule has 1 amide bonds. The molecule has 1 aromatic heterocycles. The summed E-state index contributed by atoms with van der Waals surface area (Å²) in [5.41, 5.74) is 0.638. The first-order valence-corrected chi connectivity index (χ1v) is 6.39. The molecule has 0 spiro atoms. The molecule has 0 saturated carbocycles. The van der Waals surface area contributed by atoms with Crippen LogP contribution in [0.2, 0.25) is 0 Å². The Labute approximate surface area is 119 Å². The van der Waals surface area contributed by atoms with Crippen molar-refractivity contribution in [3.05, 3.63) is 59.5 Å². The van der Waals surface area contributed by atoms with Crippen LogP contribution in [-0.2, 0) is 0 Å². The van der Waals surface area contributed by atoms with E-state index in [2.05, 4.69) is 27.8 Å². The van der Waals surface area contributed by atoms with Crippen LogP contribution in [0.15, 0.2) is 58.1 Å². The minimum Gasteiger partial charge on any atom is -0.489 e. The third-order valence-corrected chi connectivity index (χ3v) is 2.68. The van der Waals surface area contributed by atoms with Gasteiger partial charge in [-0.2, -0.15) is 0 Å². The Morgan fingerprint density at radius 1 is 1.42 bits per heavy atom. The lowest BCUT2D eigenvalue weighted by Gasteiger charge is -2.06. The van der Waals surface area contributed by atoms with Crippen molar-refractivity contribution in [2.75, 3.05) is 11.9 Å². The number of carbonyl (C=O) groups excluding carboxylic acids is 1. The van der Waals surface area contributed by atoms with Crippen LogP contribution in [0.1, 0.15) is 10.6 Å². The summed E-state index contributed by atoms with van der Waals surface area (Å²) >= 11 is 3.15. The molecule has 19 heavy (non-hydrogen) atoms. The van der Waals surface area contributed by atoms with E-state index in [4.69, 9.17) is 9.15 Å². The van der Waals surface area contributed by atoms with Crippen LogP contribution in [0.25, 0.3) is 0 Å². The van der Waals surface area contributed by atoms with Gasteiger partial charge in [0.05, 0.1) is 0 Å². The number of carbonyl (C=O) groups is 1. The summed E-state index contributed by atoms with van der Waals surface area (Å²) in [5.74, 6) is 0.592. The van der Waals surface area contributed by atoms with Crippen LogP contribution in [0.3, 0.4) is 0 Å². The van der Waals surface area contributed by atoms with E-state index in [1.165, 1.54) is 0 Å². The van der Waals surface area contributed by atoms with Crippen molar-refractivity contribution < 1.29 is 13.9 Å². The van der Waals surface area contributed by atoms with Gasteiger partial charge in [0, 0.05) is 11.8 Å². The largest absolute Gasteiger partial charge is 0.489 e. The second-order valence-electron chi connectivity index (χ2n) is 3.69. The van der Waals surface area contributed by atoms with Crippen molar-refractivity contribution in [1.82, 2.24) is 0 Å². The van der Waals surface area contributed by atoms with Gasteiger partial charge < -0.3 is 14.5 Å². The smallest absolute Gasteiger partial charge is 0.291 e. The average molecular weight is 322 g/mol. The second-order valence-corrected chi connectivity index (χ2v) is 4.47. The first-order chi connectivity index (χ1) is 9.19. The molecule has 0 aliphatic rings. The molecule has 1 N–H and O–H groups in total. The van der Waals surface area contributed by atoms with E-state index in [-0.39, 0.29) is 11.7 Å². The van der Waals surface area contributed by atoms with Crippen LogP contribution in [-0.4, -0.2) is 12.5 Å². The van der Waals surface area contributed by atoms with E-state index in [1.54, 1.807) is 36.4 Å². The maximum absolute atomic E-state index is 11.9. The zero-order chi connectivity index (χ0) is 13.7. The predicted molar refractivity (Wildman–Crippen MR) is 76.5 cm³/mol. The number of hydrogen-bond donors (Lipinski definition) is 1. The van der Waals surface area contributed by atoms with Gasteiger partial charge in [0.2, 0.25) is 0 Å². The predicted octanol–water partition coefficient (Wildman–Crippen LogP) is 3.86. The van der Waals surface area contributed by atoms with Gasteiger partial charge in [0.25, 0.3) is 5.91 Å². The number of anilines is 1. The minimum atomic E-state index is -0.313. The minimum absolute atomic E-state index is 0.240. The van der Waals surface area contributed by atoms with Gasteiger partial charge in [-0.3, -0.25) is 4.79 Å². The molecule has 0 radical (unpaired) electrons. The summed E-state index contributed by atoms with van der Waals surface area (Å²) in [6, 6.07) is 10.4. The topological polar surface area (TPSA) is 51.5 Å². The Bertz CT molecular complexity index is 592. The molecule has 0 fully saturated rings. The van der Waals surface area contributed by atoms with Crippen molar-refractivity contribution in [3.8, 4) is 5.75 Å². The molecule has 0 atom stereocenters. The third-order valence-electron chi connectivity index (χ3n) is 2.26. The van der Waals surface area contributed by atoms with Gasteiger partial charge in [-0.15, -0.1) is 0 Å². The lowest BCUT2D eigenvalue weighted by atomic mass is 10.3. The number of nitrogens with one attached hydrogen (secondary N) is 1. The van der Waals surface area contributed by atoms with Gasteiger partial charge in [-0.25, -0.2) is 0 Å². The van der Waals surface area contributed by atoms with Crippen LogP contribution < -0.4 is 10.1 Å². The quantitative estimate of drug-likeness (QED) is 0.851. The zero-order valence-electron chi connectivity index (χ0n) is 10.1. The van der Waals surface area contributed by atoms with Gasteiger partial charge in [-0.05, 0) is 40.2 Å². The number of ether oxygens (including phenoxy) is 1. The summed E-state index contributed by atoms with van der Waals surface area (Å²) in [7, 11) is 0. The Morgan fingerprint density at radius 2 is 2.26 bits per heavy atom. The standard InChI is InChI=1S/C14H12BrNO3/c1-2-8-18-11-5-3-4-10(9-11)16-14(17)12-6-7-13(15)19-12/h2-7,9H,1,8H2,(H,16,17). The zero-order valence-corrected chi connectivity index (χ0v) is 11.6. The number of hydrogen-bond acceptors (Lipinski definition) is 3. The first kappa shape index (κ1) is 13.4. The van der Waals surface area contributed by atoms with Crippen molar-refractivity contribution in [2.45, 2.75) is 0 Å². The summed E-state index contributed by atoms with van der Waals surface area (Å²) in [6.07, 6.45) is 1.66. The van der Waals surface area contributed by atoms with Gasteiger partial charge in [-0.1, -0.05) is 18.7 Å². The van der Waals surface area contributed by atoms with E-state index in [9.17, 15) is 4.79 Å². The molecule has 0 unspecified atom stereocenters. The molecule has 0 saturated heterocycles. The SMILES string of the molecule is C=CCOc1cccc(NC(=O)c2ccc(Br)o2)c1. The molecule has 1 heterocycles. The van der Waals surface area contributed by atoms with Crippen LogP contribution in [0, 0.1) is 0 Å². The number of amides is 1. The summed E-state index contributed by atoms with van der Waals surface area (Å²) in [4.78, 5) is 11.9. The number of benzene rings is 1. The first-order valence-electron chi connectivity index (χ1n) is 5.59. The van der Waals surface area contributed by atoms with Crippen molar-refractivity contribution in [3.63, 3.8) is 0 Å². The molecule has 4 nitrogen and oxygen atoms in total. The van der Waals surface area contributed by atoms with E-state index in [0.717, 1.165) is 0 Å². The molecular weight excluding hydrogens is 310 g/mol. The molecule has 0 aliphatic carbocycles. The van der Waals surface area contributed by atoms with Crippen molar-refractivity contribution in [1.29, 1.82) is 0 Å². The Kier molecular flexibility index (Phi) is 4.41. The molecule has 2 rings (SSSR count). The highest BCUT2D eigenvalue weighted by Crippen LogP contribution is 2.19. The molecule has 5 heteroatoms. The highest BCUT2D eigenvalue weighted by Gasteiger charge is 2.10. The fraction of sp³-hybridized carbons (Fsp3) is 0.0714. The maximum Gasteiger partial charge on any atom is 0.291 e. The van der Waals surface area contributed by atoms with Gasteiger partial charge >= 0.3 is 0 Å². The monoisotopic (exact) mass is 321 g/mol. The molecular formula is C14H12BrNO3. The fourth-order valence-corrected chi connectivity index (χ4v) is 1.75. The second kappa shape index (κ2) is 6.24. The van der Waals surface area contributed by atoms with E-state index in [0.29, 0.717) is 22.7 Å². The lowest BCUT2D eigenvalue weighted by molar-refractivity contribution is 0.0995. The summed E-state index contributed by atoms with van der Waals surface area (Å²) < 4.78 is 11.1. The third kappa shape index (κ3) is 3.72. The van der Waals surface area contributed by atoms with E-state index < -0.39 is 0 Å². The maximum atomic E-state index is 11.9. The molecule has 1 aromatic carbocycles. The normalized spacial score (nSPS) is 9.95. The van der Waals surface area contributed by atoms with Crippen molar-refractivity contribution >= 4 is 27.5 Å². The number of furan rings is 1. The molecule has 2 aromatic rings. The summed E-state index contributed by atoms with van der Waals surface area (Å²) in [6.45, 7) is 4.00. The van der Waals surface area contributed by atoms with E-state index >= 15 is 0 Å². The fourth-order valence-electron chi connectivity index (χ4n) is 1.45. The van der Waals surface area contributed by atoms with Crippen LogP contribution in [0.4, 0.5) is 5.69 Å². The van der Waals surface area contributed by atoms with Crippen LogP contribution >= 0.6 is 15.9 Å². The lowest BCUT2D eigenvalue weighted by Crippen LogP contribution is -2.10. The highest BCUT2D eigenvalue weighted by atomic mass is 79.9. The Balaban J connectivity index is 2.06. The Morgan fingerprint density at radius 3 is 2.95 bits per heavy atom. The van der Waals surface area contributed by atoms with Crippen molar-refractivity contribution in [2.24, 2.45) is 0 Å². The Hall–Kier alpha value is -2.01. The summed E-state index contributed by atoms with van der Waals surface area (Å²) in [5, 5.41) is 2.73. The molecule has 0 bridgehead atoms. The average Bonchev–Trinajstić information content (AvgIpc) is 2.83. The van der Waals surface area contributed by atoms with Crippen LogP contribution in [0.5, 0.6) is 5.75 Å². The number of halogens is 1. The van der Waals surface area contributed by atoms with Gasteiger partial charge in [0.1, 0.15) is 12.4 Å².